The number of carbonyl (C=O) groups excluding carboxylic acids is 1. The molecule has 1 amide bonds. The first-order valence-corrected chi connectivity index (χ1v) is 10.8. The summed E-state index contributed by atoms with van der Waals surface area (Å²) in [6.07, 6.45) is 0.322. The van der Waals surface area contributed by atoms with Crippen molar-refractivity contribution in [3.63, 3.8) is 0 Å². The number of carbonyl (C=O) groups is 1. The third kappa shape index (κ3) is 5.06. The Morgan fingerprint density at radius 2 is 1.74 bits per heavy atom. The molecule has 2 aliphatic heterocycles. The number of pyridine rings is 1. The first-order chi connectivity index (χ1) is 14.8. The number of halogens is 4. The quantitative estimate of drug-likeness (QED) is 0.692. The summed E-state index contributed by atoms with van der Waals surface area (Å²) in [5.74, 6) is 0.311. The van der Waals surface area contributed by atoms with Crippen molar-refractivity contribution in [2.24, 2.45) is 5.92 Å². The standard InChI is InChI=1S/C22H24ClF3N4O/c23-17-4-6-20(27-14-17)30-11-7-15(8-12-30)21(31)28-18-13-16(22(24,25)26)3-5-19(18)29-9-1-2-10-29/h3-6,13-15H,1-2,7-12H2,(H,28,31). The van der Waals surface area contributed by atoms with Crippen LogP contribution >= 0.6 is 11.6 Å². The maximum absolute atomic E-state index is 13.3. The molecule has 0 bridgehead atoms. The van der Waals surface area contributed by atoms with Crippen LogP contribution in [0.2, 0.25) is 5.02 Å². The SMILES string of the molecule is O=C(Nc1cc(C(F)(F)F)ccc1N1CCCC1)C1CCN(c2ccc(Cl)cn2)CC1. The molecular weight excluding hydrogens is 429 g/mol. The molecule has 3 heterocycles. The number of aromatic nitrogens is 1. The average Bonchev–Trinajstić information content (AvgIpc) is 3.28. The Labute approximate surface area is 184 Å². The van der Waals surface area contributed by atoms with Gasteiger partial charge in [-0.2, -0.15) is 13.2 Å². The largest absolute Gasteiger partial charge is 0.416 e. The molecule has 1 aromatic heterocycles. The van der Waals surface area contributed by atoms with Gasteiger partial charge in [-0.25, -0.2) is 4.98 Å². The van der Waals surface area contributed by atoms with E-state index in [2.05, 4.69) is 15.2 Å². The molecule has 31 heavy (non-hydrogen) atoms. The van der Waals surface area contributed by atoms with E-state index in [0.717, 1.165) is 43.9 Å². The van der Waals surface area contributed by atoms with Crippen molar-refractivity contribution in [3.05, 3.63) is 47.1 Å². The van der Waals surface area contributed by atoms with Gasteiger partial charge in [-0.1, -0.05) is 11.6 Å². The Morgan fingerprint density at radius 1 is 1.03 bits per heavy atom. The highest BCUT2D eigenvalue weighted by atomic mass is 35.5. The molecule has 1 aromatic carbocycles. The molecule has 5 nitrogen and oxygen atoms in total. The summed E-state index contributed by atoms with van der Waals surface area (Å²) in [4.78, 5) is 21.3. The Kier molecular flexibility index (Phi) is 6.27. The number of anilines is 3. The summed E-state index contributed by atoms with van der Waals surface area (Å²) < 4.78 is 39.8. The van der Waals surface area contributed by atoms with E-state index in [1.807, 2.05) is 11.0 Å². The normalized spacial score (nSPS) is 17.8. The number of hydrogen-bond acceptors (Lipinski definition) is 4. The van der Waals surface area contributed by atoms with E-state index < -0.39 is 11.7 Å². The van der Waals surface area contributed by atoms with Crippen LogP contribution in [-0.2, 0) is 11.0 Å². The Bertz CT molecular complexity index is 921. The summed E-state index contributed by atoms with van der Waals surface area (Å²) in [5, 5.41) is 3.36. The molecule has 2 saturated heterocycles. The highest BCUT2D eigenvalue weighted by Crippen LogP contribution is 2.37. The third-order valence-corrected chi connectivity index (χ3v) is 6.15. The molecule has 4 rings (SSSR count). The summed E-state index contributed by atoms with van der Waals surface area (Å²) in [5.41, 5.74) is 0.138. The van der Waals surface area contributed by atoms with Crippen LogP contribution in [0.1, 0.15) is 31.2 Å². The predicted octanol–water partition coefficient (Wildman–Crippen LogP) is 5.21. The monoisotopic (exact) mass is 452 g/mol. The van der Waals surface area contributed by atoms with Gasteiger partial charge in [0.2, 0.25) is 5.91 Å². The summed E-state index contributed by atoms with van der Waals surface area (Å²) >= 11 is 5.88. The highest BCUT2D eigenvalue weighted by molar-refractivity contribution is 6.30. The van der Waals surface area contributed by atoms with Gasteiger partial charge in [0.05, 0.1) is 22.0 Å². The minimum absolute atomic E-state index is 0.233. The zero-order valence-electron chi connectivity index (χ0n) is 17.0. The zero-order chi connectivity index (χ0) is 22.0. The third-order valence-electron chi connectivity index (χ3n) is 5.93. The van der Waals surface area contributed by atoms with E-state index in [4.69, 9.17) is 11.6 Å². The molecule has 0 saturated carbocycles. The van der Waals surface area contributed by atoms with Crippen LogP contribution in [0.25, 0.3) is 0 Å². The van der Waals surface area contributed by atoms with Crippen LogP contribution in [-0.4, -0.2) is 37.1 Å². The van der Waals surface area contributed by atoms with Crippen molar-refractivity contribution in [1.29, 1.82) is 0 Å². The number of nitrogens with zero attached hydrogens (tertiary/aromatic N) is 3. The lowest BCUT2D eigenvalue weighted by molar-refractivity contribution is -0.137. The van der Waals surface area contributed by atoms with Crippen molar-refractivity contribution >= 4 is 34.7 Å². The van der Waals surface area contributed by atoms with Crippen molar-refractivity contribution in [2.75, 3.05) is 41.3 Å². The lowest BCUT2D eigenvalue weighted by atomic mass is 9.95. The van der Waals surface area contributed by atoms with Crippen molar-refractivity contribution < 1.29 is 18.0 Å². The molecule has 0 unspecified atom stereocenters. The van der Waals surface area contributed by atoms with Gasteiger partial charge in [0.25, 0.3) is 0 Å². The molecule has 0 atom stereocenters. The number of rotatable bonds is 4. The van der Waals surface area contributed by atoms with Gasteiger partial charge in [-0.3, -0.25) is 4.79 Å². The Balaban J connectivity index is 1.45. The van der Waals surface area contributed by atoms with Crippen molar-refractivity contribution in [3.8, 4) is 0 Å². The van der Waals surface area contributed by atoms with E-state index in [9.17, 15) is 18.0 Å². The second-order valence-electron chi connectivity index (χ2n) is 8.01. The van der Waals surface area contributed by atoms with Crippen LogP contribution < -0.4 is 15.1 Å². The number of piperidine rings is 1. The number of hydrogen-bond donors (Lipinski definition) is 1. The van der Waals surface area contributed by atoms with Crippen LogP contribution in [0.4, 0.5) is 30.4 Å². The van der Waals surface area contributed by atoms with E-state index in [1.165, 1.54) is 6.07 Å². The topological polar surface area (TPSA) is 48.5 Å². The van der Waals surface area contributed by atoms with Gasteiger partial charge < -0.3 is 15.1 Å². The number of nitrogens with one attached hydrogen (secondary N) is 1. The second kappa shape index (κ2) is 8.94. The molecule has 166 valence electrons. The van der Waals surface area contributed by atoms with Gasteiger partial charge in [0, 0.05) is 38.3 Å². The first kappa shape index (κ1) is 21.7. The van der Waals surface area contributed by atoms with Gasteiger partial charge in [0.1, 0.15) is 5.82 Å². The predicted molar refractivity (Wildman–Crippen MR) is 116 cm³/mol. The first-order valence-electron chi connectivity index (χ1n) is 10.4. The molecule has 0 radical (unpaired) electrons. The number of amides is 1. The van der Waals surface area contributed by atoms with Gasteiger partial charge in [-0.05, 0) is 56.0 Å². The molecule has 0 aliphatic carbocycles. The molecule has 0 spiro atoms. The smallest absolute Gasteiger partial charge is 0.370 e. The van der Waals surface area contributed by atoms with Crippen molar-refractivity contribution in [2.45, 2.75) is 31.9 Å². The van der Waals surface area contributed by atoms with Gasteiger partial charge in [0.15, 0.2) is 0 Å². The fraction of sp³-hybridized carbons (Fsp3) is 0.455. The summed E-state index contributed by atoms with van der Waals surface area (Å²) in [6, 6.07) is 7.22. The minimum Gasteiger partial charge on any atom is -0.370 e. The molecule has 9 heteroatoms. The molecule has 1 N–H and O–H groups in total. The van der Waals surface area contributed by atoms with Crippen LogP contribution in [0.5, 0.6) is 0 Å². The molecule has 2 fully saturated rings. The lowest BCUT2D eigenvalue weighted by Gasteiger charge is -2.32. The fourth-order valence-corrected chi connectivity index (χ4v) is 4.32. The lowest BCUT2D eigenvalue weighted by Crippen LogP contribution is -2.38. The van der Waals surface area contributed by atoms with Crippen LogP contribution in [0.15, 0.2) is 36.5 Å². The van der Waals surface area contributed by atoms with Gasteiger partial charge >= 0.3 is 6.18 Å². The fourth-order valence-electron chi connectivity index (χ4n) is 4.21. The summed E-state index contributed by atoms with van der Waals surface area (Å²) in [7, 11) is 0. The zero-order valence-corrected chi connectivity index (χ0v) is 17.7. The van der Waals surface area contributed by atoms with E-state index in [1.54, 1.807) is 12.3 Å². The molecular formula is C22H24ClF3N4O. The molecule has 2 aliphatic rings. The van der Waals surface area contributed by atoms with E-state index in [-0.39, 0.29) is 17.5 Å². The van der Waals surface area contributed by atoms with Crippen LogP contribution in [0, 0.1) is 5.92 Å². The highest BCUT2D eigenvalue weighted by Gasteiger charge is 2.33. The summed E-state index contributed by atoms with van der Waals surface area (Å²) in [6.45, 7) is 2.85. The minimum atomic E-state index is -4.46. The Morgan fingerprint density at radius 3 is 2.35 bits per heavy atom. The molecule has 2 aromatic rings. The van der Waals surface area contributed by atoms with E-state index >= 15 is 0 Å². The number of alkyl halides is 3. The maximum Gasteiger partial charge on any atom is 0.416 e. The average molecular weight is 453 g/mol. The van der Waals surface area contributed by atoms with E-state index in [0.29, 0.717) is 36.6 Å². The maximum atomic E-state index is 13.3. The Hall–Kier alpha value is -2.48. The number of benzene rings is 1. The van der Waals surface area contributed by atoms with Crippen molar-refractivity contribution in [1.82, 2.24) is 4.98 Å². The second-order valence-corrected chi connectivity index (χ2v) is 8.45. The van der Waals surface area contributed by atoms with Crippen LogP contribution in [0.3, 0.4) is 0 Å². The van der Waals surface area contributed by atoms with Gasteiger partial charge in [-0.15, -0.1) is 0 Å².